The highest BCUT2D eigenvalue weighted by Gasteiger charge is 2.16. The molecule has 4 nitrogen and oxygen atoms in total. The van der Waals surface area contributed by atoms with E-state index in [1.807, 2.05) is 36.0 Å². The first-order valence-corrected chi connectivity index (χ1v) is 7.14. The number of nitrogen functional groups attached to an aromatic ring is 1. The van der Waals surface area contributed by atoms with Gasteiger partial charge < -0.3 is 4.74 Å². The van der Waals surface area contributed by atoms with Crippen molar-refractivity contribution in [2.75, 3.05) is 13.2 Å². The zero-order chi connectivity index (χ0) is 12.8. The zero-order valence-corrected chi connectivity index (χ0v) is 11.0. The van der Waals surface area contributed by atoms with Crippen molar-refractivity contribution in [2.24, 2.45) is 5.84 Å². The van der Waals surface area contributed by atoms with Crippen LogP contribution in [-0.4, -0.2) is 24.4 Å². The third-order valence-electron chi connectivity index (χ3n) is 3.04. The summed E-state index contributed by atoms with van der Waals surface area (Å²) in [5, 5.41) is 0.632. The summed E-state index contributed by atoms with van der Waals surface area (Å²) < 4.78 is 5.34. The third kappa shape index (κ3) is 3.48. The quantitative estimate of drug-likeness (QED) is 0.494. The van der Waals surface area contributed by atoms with Crippen molar-refractivity contribution in [3.8, 4) is 0 Å². The Morgan fingerprint density at radius 3 is 2.83 bits per heavy atom. The highest BCUT2D eigenvalue weighted by atomic mass is 32.2. The Morgan fingerprint density at radius 2 is 2.11 bits per heavy atom. The number of carbonyl (C=O) groups is 1. The number of hydrogen-bond acceptors (Lipinski definition) is 4. The Bertz CT molecular complexity index is 406. The summed E-state index contributed by atoms with van der Waals surface area (Å²) in [4.78, 5) is 11.6. The van der Waals surface area contributed by atoms with Gasteiger partial charge in [0, 0.05) is 29.8 Å². The van der Waals surface area contributed by atoms with E-state index in [0.717, 1.165) is 37.4 Å². The summed E-state index contributed by atoms with van der Waals surface area (Å²) in [6.07, 6.45) is 2.19. The molecule has 1 heterocycles. The molecule has 5 heteroatoms. The lowest BCUT2D eigenvalue weighted by atomic mass is 10.1. The van der Waals surface area contributed by atoms with E-state index in [9.17, 15) is 4.79 Å². The van der Waals surface area contributed by atoms with Crippen LogP contribution in [-0.2, 0) is 10.5 Å². The second kappa shape index (κ2) is 6.78. The first-order valence-electron chi connectivity index (χ1n) is 6.09. The number of nitrogens with two attached hydrogens (primary N) is 1. The van der Waals surface area contributed by atoms with Gasteiger partial charge in [-0.1, -0.05) is 18.2 Å². The van der Waals surface area contributed by atoms with E-state index in [-0.39, 0.29) is 5.91 Å². The standard InChI is InChI=1S/C13H18N2O2S/c14-15-13(16)12-4-2-1-3-10(12)9-18-11-5-7-17-8-6-11/h1-4,11H,5-9,14H2,(H,15,16). The van der Waals surface area contributed by atoms with Crippen LogP contribution in [0.15, 0.2) is 24.3 Å². The van der Waals surface area contributed by atoms with Gasteiger partial charge in [-0.3, -0.25) is 10.2 Å². The van der Waals surface area contributed by atoms with E-state index in [1.165, 1.54) is 0 Å². The Morgan fingerprint density at radius 1 is 1.39 bits per heavy atom. The average molecular weight is 266 g/mol. The number of amides is 1. The van der Waals surface area contributed by atoms with Crippen LogP contribution in [0.3, 0.4) is 0 Å². The largest absolute Gasteiger partial charge is 0.381 e. The van der Waals surface area contributed by atoms with Gasteiger partial charge >= 0.3 is 0 Å². The van der Waals surface area contributed by atoms with E-state index < -0.39 is 0 Å². The highest BCUT2D eigenvalue weighted by molar-refractivity contribution is 7.99. The maximum absolute atomic E-state index is 11.6. The minimum absolute atomic E-state index is 0.224. The van der Waals surface area contributed by atoms with Crippen molar-refractivity contribution in [3.05, 3.63) is 35.4 Å². The lowest BCUT2D eigenvalue weighted by Gasteiger charge is -2.21. The molecular weight excluding hydrogens is 248 g/mol. The van der Waals surface area contributed by atoms with Crippen LogP contribution in [0, 0.1) is 0 Å². The van der Waals surface area contributed by atoms with Crippen molar-refractivity contribution < 1.29 is 9.53 Å². The maximum Gasteiger partial charge on any atom is 0.265 e. The monoisotopic (exact) mass is 266 g/mol. The van der Waals surface area contributed by atoms with E-state index >= 15 is 0 Å². The normalized spacial score (nSPS) is 16.5. The molecule has 3 N–H and O–H groups in total. The minimum atomic E-state index is -0.224. The van der Waals surface area contributed by atoms with Crippen LogP contribution < -0.4 is 11.3 Å². The first kappa shape index (κ1) is 13.4. The third-order valence-corrected chi connectivity index (χ3v) is 4.46. The summed E-state index contributed by atoms with van der Waals surface area (Å²) in [6, 6.07) is 7.60. The number of rotatable bonds is 4. The first-order chi connectivity index (χ1) is 8.81. The summed E-state index contributed by atoms with van der Waals surface area (Å²) in [7, 11) is 0. The molecule has 1 aliphatic heterocycles. The van der Waals surface area contributed by atoms with Crippen LogP contribution in [0.1, 0.15) is 28.8 Å². The van der Waals surface area contributed by atoms with Crippen LogP contribution in [0.4, 0.5) is 0 Å². The molecule has 1 aromatic carbocycles. The van der Waals surface area contributed by atoms with Crippen LogP contribution in [0.25, 0.3) is 0 Å². The van der Waals surface area contributed by atoms with Gasteiger partial charge in [0.05, 0.1) is 0 Å². The molecule has 1 aliphatic rings. The zero-order valence-electron chi connectivity index (χ0n) is 10.2. The van der Waals surface area contributed by atoms with Gasteiger partial charge in [0.1, 0.15) is 0 Å². The van der Waals surface area contributed by atoms with E-state index in [4.69, 9.17) is 10.6 Å². The van der Waals surface area contributed by atoms with Gasteiger partial charge in [0.25, 0.3) is 5.91 Å². The number of carbonyl (C=O) groups excluding carboxylic acids is 1. The molecule has 1 amide bonds. The molecule has 2 rings (SSSR count). The van der Waals surface area contributed by atoms with Crippen molar-refractivity contribution in [1.82, 2.24) is 5.43 Å². The summed E-state index contributed by atoms with van der Waals surface area (Å²) in [6.45, 7) is 1.70. The molecule has 0 aliphatic carbocycles. The Hall–Kier alpha value is -1.04. The van der Waals surface area contributed by atoms with Crippen molar-refractivity contribution in [3.63, 3.8) is 0 Å². The fourth-order valence-electron chi connectivity index (χ4n) is 2.00. The summed E-state index contributed by atoms with van der Waals surface area (Å²) >= 11 is 1.89. The SMILES string of the molecule is NNC(=O)c1ccccc1CSC1CCOCC1. The number of hydrogen-bond donors (Lipinski definition) is 2. The number of ether oxygens (including phenoxy) is 1. The fourth-order valence-corrected chi connectivity index (χ4v) is 3.19. The number of nitrogens with one attached hydrogen (secondary N) is 1. The molecule has 1 saturated heterocycles. The average Bonchev–Trinajstić information content (AvgIpc) is 2.45. The Balaban J connectivity index is 1.97. The number of hydrazine groups is 1. The predicted octanol–water partition coefficient (Wildman–Crippen LogP) is 1.70. The van der Waals surface area contributed by atoms with Crippen molar-refractivity contribution >= 4 is 17.7 Å². The molecule has 1 fully saturated rings. The second-order valence-electron chi connectivity index (χ2n) is 4.25. The maximum atomic E-state index is 11.6. The topological polar surface area (TPSA) is 64.3 Å². The predicted molar refractivity (Wildman–Crippen MR) is 73.2 cm³/mol. The minimum Gasteiger partial charge on any atom is -0.381 e. The summed E-state index contributed by atoms with van der Waals surface area (Å²) in [5.41, 5.74) is 3.90. The number of thioether (sulfide) groups is 1. The molecule has 1 aromatic rings. The molecule has 0 unspecified atom stereocenters. The molecule has 0 radical (unpaired) electrons. The van der Waals surface area contributed by atoms with Gasteiger partial charge in [-0.05, 0) is 24.5 Å². The number of benzene rings is 1. The molecular formula is C13H18N2O2S. The Kier molecular flexibility index (Phi) is 5.04. The van der Waals surface area contributed by atoms with Crippen LogP contribution in [0.2, 0.25) is 0 Å². The van der Waals surface area contributed by atoms with Gasteiger partial charge in [-0.2, -0.15) is 11.8 Å². The van der Waals surface area contributed by atoms with Gasteiger partial charge in [-0.15, -0.1) is 0 Å². The van der Waals surface area contributed by atoms with Crippen LogP contribution in [0.5, 0.6) is 0 Å². The highest BCUT2D eigenvalue weighted by Crippen LogP contribution is 2.26. The molecule has 0 bridgehead atoms. The molecule has 0 spiro atoms. The molecule has 18 heavy (non-hydrogen) atoms. The molecule has 0 aromatic heterocycles. The molecule has 0 atom stereocenters. The van der Waals surface area contributed by atoms with Crippen LogP contribution >= 0.6 is 11.8 Å². The van der Waals surface area contributed by atoms with E-state index in [1.54, 1.807) is 0 Å². The lowest BCUT2D eigenvalue weighted by molar-refractivity contribution is 0.0952. The smallest absolute Gasteiger partial charge is 0.265 e. The summed E-state index contributed by atoms with van der Waals surface area (Å²) in [5.74, 6) is 5.81. The van der Waals surface area contributed by atoms with Crippen molar-refractivity contribution in [1.29, 1.82) is 0 Å². The molecule has 98 valence electrons. The van der Waals surface area contributed by atoms with Gasteiger partial charge in [0.2, 0.25) is 0 Å². The van der Waals surface area contributed by atoms with E-state index in [2.05, 4.69) is 5.43 Å². The lowest BCUT2D eigenvalue weighted by Crippen LogP contribution is -2.30. The Labute approximate surface area is 111 Å². The second-order valence-corrected chi connectivity index (χ2v) is 5.54. The fraction of sp³-hybridized carbons (Fsp3) is 0.462. The van der Waals surface area contributed by atoms with E-state index in [0.29, 0.717) is 10.8 Å². The van der Waals surface area contributed by atoms with Gasteiger partial charge in [-0.25, -0.2) is 5.84 Å². The molecule has 0 saturated carbocycles. The van der Waals surface area contributed by atoms with Gasteiger partial charge in [0.15, 0.2) is 0 Å². The van der Waals surface area contributed by atoms with Crippen molar-refractivity contribution in [2.45, 2.75) is 23.8 Å².